The quantitative estimate of drug-likeness (QED) is 0.733. The van der Waals surface area contributed by atoms with Gasteiger partial charge >= 0.3 is 0 Å². The Morgan fingerprint density at radius 3 is 2.93 bits per heavy atom. The summed E-state index contributed by atoms with van der Waals surface area (Å²) in [5.74, 6) is 1.27. The SMILES string of the molecule is Nc1ncnc(N2CC(CO)C2)c1Cl. The van der Waals surface area contributed by atoms with Gasteiger partial charge in [0, 0.05) is 25.6 Å². The second-order valence-corrected chi connectivity index (χ2v) is 3.73. The zero-order valence-electron chi connectivity index (χ0n) is 7.52. The highest BCUT2D eigenvalue weighted by molar-refractivity contribution is 6.35. The van der Waals surface area contributed by atoms with Crippen LogP contribution in [0.5, 0.6) is 0 Å². The van der Waals surface area contributed by atoms with Gasteiger partial charge in [-0.2, -0.15) is 0 Å². The Bertz CT molecular complexity index is 340. The predicted molar refractivity (Wildman–Crippen MR) is 54.2 cm³/mol. The van der Waals surface area contributed by atoms with Crippen molar-refractivity contribution in [2.24, 2.45) is 5.92 Å². The van der Waals surface area contributed by atoms with Crippen LogP contribution < -0.4 is 10.6 Å². The van der Waals surface area contributed by atoms with Gasteiger partial charge in [-0.05, 0) is 0 Å². The van der Waals surface area contributed by atoms with Gasteiger partial charge in [-0.15, -0.1) is 0 Å². The second kappa shape index (κ2) is 3.59. The fourth-order valence-electron chi connectivity index (χ4n) is 1.45. The zero-order chi connectivity index (χ0) is 10.1. The summed E-state index contributed by atoms with van der Waals surface area (Å²) in [5, 5.41) is 9.25. The van der Waals surface area contributed by atoms with E-state index in [1.54, 1.807) is 0 Å². The molecule has 1 saturated heterocycles. The lowest BCUT2D eigenvalue weighted by atomic mass is 10.0. The van der Waals surface area contributed by atoms with Gasteiger partial charge in [-0.1, -0.05) is 11.6 Å². The third kappa shape index (κ3) is 1.49. The molecule has 0 amide bonds. The molecule has 0 unspecified atom stereocenters. The topological polar surface area (TPSA) is 75.3 Å². The van der Waals surface area contributed by atoms with Crippen LogP contribution in [0.4, 0.5) is 11.6 Å². The molecule has 1 aromatic heterocycles. The minimum absolute atomic E-state index is 0.203. The van der Waals surface area contributed by atoms with Gasteiger partial charge in [0.05, 0.1) is 0 Å². The average Bonchev–Trinajstić information content (AvgIpc) is 2.10. The minimum atomic E-state index is 0.203. The Hall–Kier alpha value is -1.07. The second-order valence-electron chi connectivity index (χ2n) is 3.35. The minimum Gasteiger partial charge on any atom is -0.396 e. The van der Waals surface area contributed by atoms with Crippen molar-refractivity contribution in [3.05, 3.63) is 11.3 Å². The fraction of sp³-hybridized carbons (Fsp3) is 0.500. The number of nitrogens with two attached hydrogens (primary N) is 1. The van der Waals surface area contributed by atoms with Crippen molar-refractivity contribution >= 4 is 23.2 Å². The zero-order valence-corrected chi connectivity index (χ0v) is 8.28. The summed E-state index contributed by atoms with van der Waals surface area (Å²) in [7, 11) is 0. The molecule has 1 aliphatic heterocycles. The molecule has 1 aliphatic rings. The number of hydrogen-bond acceptors (Lipinski definition) is 5. The summed E-state index contributed by atoms with van der Waals surface area (Å²) >= 11 is 5.94. The number of aliphatic hydroxyl groups is 1. The van der Waals surface area contributed by atoms with Crippen molar-refractivity contribution in [1.29, 1.82) is 0 Å². The molecular weight excluding hydrogens is 204 g/mol. The maximum absolute atomic E-state index is 8.86. The number of nitrogen functional groups attached to an aromatic ring is 1. The van der Waals surface area contributed by atoms with Crippen LogP contribution in [-0.2, 0) is 0 Å². The van der Waals surface area contributed by atoms with Crippen molar-refractivity contribution in [2.45, 2.75) is 0 Å². The van der Waals surface area contributed by atoms with Crippen LogP contribution in [0.1, 0.15) is 0 Å². The van der Waals surface area contributed by atoms with Crippen LogP contribution >= 0.6 is 11.6 Å². The molecule has 0 radical (unpaired) electrons. The summed E-state index contributed by atoms with van der Waals surface area (Å²) in [4.78, 5) is 9.80. The molecule has 2 rings (SSSR count). The molecular formula is C8H11ClN4O. The number of aromatic nitrogens is 2. The molecule has 0 saturated carbocycles. The number of anilines is 2. The van der Waals surface area contributed by atoms with Crippen molar-refractivity contribution in [2.75, 3.05) is 30.3 Å². The highest BCUT2D eigenvalue weighted by atomic mass is 35.5. The highest BCUT2D eigenvalue weighted by Gasteiger charge is 2.28. The van der Waals surface area contributed by atoms with E-state index in [1.807, 2.05) is 4.90 Å². The Morgan fingerprint density at radius 1 is 1.57 bits per heavy atom. The monoisotopic (exact) mass is 214 g/mol. The molecule has 0 spiro atoms. The highest BCUT2D eigenvalue weighted by Crippen LogP contribution is 2.31. The van der Waals surface area contributed by atoms with Gasteiger partial charge in [0.25, 0.3) is 0 Å². The third-order valence-corrected chi connectivity index (χ3v) is 2.68. The molecule has 1 aromatic rings. The van der Waals surface area contributed by atoms with Gasteiger partial charge in [0.2, 0.25) is 0 Å². The van der Waals surface area contributed by atoms with Gasteiger partial charge < -0.3 is 15.7 Å². The van der Waals surface area contributed by atoms with E-state index in [1.165, 1.54) is 6.33 Å². The lowest BCUT2D eigenvalue weighted by Gasteiger charge is -2.39. The van der Waals surface area contributed by atoms with Crippen LogP contribution in [-0.4, -0.2) is 34.8 Å². The molecule has 5 nitrogen and oxygen atoms in total. The predicted octanol–water partition coefficient (Wildman–Crippen LogP) is 0.141. The Labute approximate surface area is 86.5 Å². The van der Waals surface area contributed by atoms with Gasteiger partial charge in [0.1, 0.15) is 17.2 Å². The normalized spacial score (nSPS) is 16.9. The number of halogens is 1. The lowest BCUT2D eigenvalue weighted by molar-refractivity contribution is 0.200. The van der Waals surface area contributed by atoms with Crippen LogP contribution in [0.15, 0.2) is 6.33 Å². The third-order valence-electron chi connectivity index (χ3n) is 2.31. The molecule has 0 atom stereocenters. The number of rotatable bonds is 2. The van der Waals surface area contributed by atoms with E-state index in [-0.39, 0.29) is 6.61 Å². The van der Waals surface area contributed by atoms with Crippen LogP contribution in [0.25, 0.3) is 0 Å². The molecule has 0 bridgehead atoms. The standard InChI is InChI=1S/C8H11ClN4O/c9-6-7(10)11-4-12-8(6)13-1-5(2-13)3-14/h4-5,14H,1-3H2,(H2,10,11,12). The molecule has 1 fully saturated rings. The van der Waals surface area contributed by atoms with Crippen LogP contribution in [0.2, 0.25) is 5.02 Å². The molecule has 76 valence electrons. The van der Waals surface area contributed by atoms with Crippen molar-refractivity contribution < 1.29 is 5.11 Å². The van der Waals surface area contributed by atoms with E-state index in [0.29, 0.717) is 22.6 Å². The first-order valence-electron chi connectivity index (χ1n) is 4.34. The first kappa shape index (κ1) is 9.48. The van der Waals surface area contributed by atoms with Gasteiger partial charge in [0.15, 0.2) is 5.82 Å². The van der Waals surface area contributed by atoms with E-state index < -0.39 is 0 Å². The lowest BCUT2D eigenvalue weighted by Crippen LogP contribution is -2.49. The largest absolute Gasteiger partial charge is 0.396 e. The number of aliphatic hydroxyl groups excluding tert-OH is 1. The summed E-state index contributed by atoms with van der Waals surface area (Å²) in [6.45, 7) is 1.74. The molecule has 14 heavy (non-hydrogen) atoms. The van der Waals surface area contributed by atoms with Crippen molar-refractivity contribution in [1.82, 2.24) is 9.97 Å². The van der Waals surface area contributed by atoms with Gasteiger partial charge in [-0.3, -0.25) is 0 Å². The summed E-state index contributed by atoms with van der Waals surface area (Å²) < 4.78 is 0. The molecule has 6 heteroatoms. The van der Waals surface area contributed by atoms with E-state index in [9.17, 15) is 0 Å². The summed E-state index contributed by atoms with van der Waals surface area (Å²) in [6.07, 6.45) is 1.39. The maximum atomic E-state index is 8.86. The average molecular weight is 215 g/mol. The van der Waals surface area contributed by atoms with E-state index in [4.69, 9.17) is 22.4 Å². The number of hydrogen-bond donors (Lipinski definition) is 2. The molecule has 3 N–H and O–H groups in total. The summed E-state index contributed by atoms with van der Waals surface area (Å²) in [6, 6.07) is 0. The molecule has 0 aromatic carbocycles. The van der Waals surface area contributed by atoms with E-state index in [2.05, 4.69) is 9.97 Å². The Kier molecular flexibility index (Phi) is 2.43. The smallest absolute Gasteiger partial charge is 0.153 e. The van der Waals surface area contributed by atoms with Crippen molar-refractivity contribution in [3.8, 4) is 0 Å². The fourth-order valence-corrected chi connectivity index (χ4v) is 1.67. The summed E-state index contributed by atoms with van der Waals surface area (Å²) in [5.41, 5.74) is 5.55. The van der Waals surface area contributed by atoms with Gasteiger partial charge in [-0.25, -0.2) is 9.97 Å². The number of nitrogens with zero attached hydrogens (tertiary/aromatic N) is 3. The maximum Gasteiger partial charge on any atom is 0.153 e. The first-order valence-corrected chi connectivity index (χ1v) is 4.72. The Balaban J connectivity index is 2.14. The Morgan fingerprint density at radius 2 is 2.29 bits per heavy atom. The molecule has 2 heterocycles. The van der Waals surface area contributed by atoms with Crippen molar-refractivity contribution in [3.63, 3.8) is 0 Å². The van der Waals surface area contributed by atoms with Crippen LogP contribution in [0, 0.1) is 5.92 Å². The molecule has 0 aliphatic carbocycles. The van der Waals surface area contributed by atoms with Crippen LogP contribution in [0.3, 0.4) is 0 Å². The van der Waals surface area contributed by atoms with E-state index >= 15 is 0 Å². The first-order chi connectivity index (χ1) is 6.72. The van der Waals surface area contributed by atoms with E-state index in [0.717, 1.165) is 13.1 Å².